The SMILES string of the molecule is CCN1CCC[C@H]1CNC(=O)Nc1c[nH]c2cc(OC)ccc2c1=O. The number of benzene rings is 1. The number of nitrogens with zero attached hydrogens (tertiary/aromatic N) is 1. The molecule has 1 saturated heterocycles. The molecule has 25 heavy (non-hydrogen) atoms. The number of amides is 2. The first kappa shape index (κ1) is 17.3. The molecule has 7 nitrogen and oxygen atoms in total. The van der Waals surface area contributed by atoms with E-state index in [9.17, 15) is 9.59 Å². The first-order valence-electron chi connectivity index (χ1n) is 8.60. The van der Waals surface area contributed by atoms with Gasteiger partial charge in [0.15, 0.2) is 0 Å². The van der Waals surface area contributed by atoms with Gasteiger partial charge in [0.1, 0.15) is 11.4 Å². The first-order valence-corrected chi connectivity index (χ1v) is 8.60. The lowest BCUT2D eigenvalue weighted by molar-refractivity contribution is 0.238. The number of carbonyl (C=O) groups excluding carboxylic acids is 1. The highest BCUT2D eigenvalue weighted by atomic mass is 16.5. The van der Waals surface area contributed by atoms with Crippen LogP contribution in [-0.2, 0) is 0 Å². The van der Waals surface area contributed by atoms with E-state index in [2.05, 4.69) is 27.4 Å². The normalized spacial score (nSPS) is 17.6. The molecular weight excluding hydrogens is 320 g/mol. The summed E-state index contributed by atoms with van der Waals surface area (Å²) in [6, 6.07) is 5.17. The number of fused-ring (bicyclic) bond motifs is 1. The Bertz CT molecular complexity index is 818. The molecule has 1 aromatic carbocycles. The summed E-state index contributed by atoms with van der Waals surface area (Å²) in [5, 5.41) is 6.02. The number of urea groups is 1. The molecule has 0 spiro atoms. The summed E-state index contributed by atoms with van der Waals surface area (Å²) in [6.45, 7) is 4.78. The van der Waals surface area contributed by atoms with Gasteiger partial charge in [-0.05, 0) is 38.1 Å². The minimum atomic E-state index is -0.360. The number of likely N-dealkylation sites (N-methyl/N-ethyl adjacent to an activating group) is 1. The Balaban J connectivity index is 1.67. The van der Waals surface area contributed by atoms with Gasteiger partial charge < -0.3 is 20.4 Å². The first-order chi connectivity index (χ1) is 12.1. The highest BCUT2D eigenvalue weighted by molar-refractivity contribution is 5.92. The van der Waals surface area contributed by atoms with Crippen molar-refractivity contribution in [3.8, 4) is 5.75 Å². The summed E-state index contributed by atoms with van der Waals surface area (Å²) in [5.41, 5.74) is 0.677. The van der Waals surface area contributed by atoms with Crippen molar-refractivity contribution in [2.75, 3.05) is 32.1 Å². The number of aromatic amines is 1. The monoisotopic (exact) mass is 344 g/mol. The number of rotatable bonds is 5. The van der Waals surface area contributed by atoms with Crippen molar-refractivity contribution in [3.63, 3.8) is 0 Å². The zero-order valence-electron chi connectivity index (χ0n) is 14.6. The van der Waals surface area contributed by atoms with E-state index in [1.54, 1.807) is 25.3 Å². The average Bonchev–Trinajstić information content (AvgIpc) is 3.09. The summed E-state index contributed by atoms with van der Waals surface area (Å²) in [6.07, 6.45) is 3.76. The number of hydrogen-bond donors (Lipinski definition) is 3. The quantitative estimate of drug-likeness (QED) is 0.776. The summed E-state index contributed by atoms with van der Waals surface area (Å²) >= 11 is 0. The Morgan fingerprint density at radius 2 is 2.28 bits per heavy atom. The van der Waals surface area contributed by atoms with Gasteiger partial charge in [-0.25, -0.2) is 4.79 Å². The van der Waals surface area contributed by atoms with E-state index in [-0.39, 0.29) is 17.1 Å². The van der Waals surface area contributed by atoms with Crippen LogP contribution in [0, 0.1) is 0 Å². The Morgan fingerprint density at radius 3 is 3.04 bits per heavy atom. The fraction of sp³-hybridized carbons (Fsp3) is 0.444. The maximum absolute atomic E-state index is 12.5. The maximum atomic E-state index is 12.5. The van der Waals surface area contributed by atoms with Crippen LogP contribution in [0.1, 0.15) is 19.8 Å². The number of anilines is 1. The summed E-state index contributed by atoms with van der Waals surface area (Å²) < 4.78 is 5.15. The van der Waals surface area contributed by atoms with Crippen LogP contribution < -0.4 is 20.8 Å². The zero-order valence-corrected chi connectivity index (χ0v) is 14.6. The Morgan fingerprint density at radius 1 is 1.44 bits per heavy atom. The van der Waals surface area contributed by atoms with Crippen LogP contribution in [0.2, 0.25) is 0 Å². The van der Waals surface area contributed by atoms with Gasteiger partial charge in [-0.15, -0.1) is 0 Å². The Labute approximate surface area is 146 Å². The Hall–Kier alpha value is -2.54. The van der Waals surface area contributed by atoms with Crippen LogP contribution in [0.3, 0.4) is 0 Å². The topological polar surface area (TPSA) is 86.5 Å². The van der Waals surface area contributed by atoms with Crippen molar-refractivity contribution < 1.29 is 9.53 Å². The van der Waals surface area contributed by atoms with Crippen LogP contribution in [0.4, 0.5) is 10.5 Å². The molecule has 2 heterocycles. The predicted octanol–water partition coefficient (Wildman–Crippen LogP) is 2.14. The maximum Gasteiger partial charge on any atom is 0.319 e. The van der Waals surface area contributed by atoms with Crippen LogP contribution in [0.15, 0.2) is 29.2 Å². The van der Waals surface area contributed by atoms with Gasteiger partial charge in [0.2, 0.25) is 5.43 Å². The molecule has 0 unspecified atom stereocenters. The lowest BCUT2D eigenvalue weighted by Gasteiger charge is -2.22. The van der Waals surface area contributed by atoms with Crippen molar-refractivity contribution in [1.29, 1.82) is 0 Å². The van der Waals surface area contributed by atoms with Gasteiger partial charge in [-0.3, -0.25) is 9.69 Å². The van der Waals surface area contributed by atoms with E-state index in [1.165, 1.54) is 6.20 Å². The fourth-order valence-corrected chi connectivity index (χ4v) is 3.34. The van der Waals surface area contributed by atoms with E-state index in [1.807, 2.05) is 0 Å². The van der Waals surface area contributed by atoms with Crippen molar-refractivity contribution in [1.82, 2.24) is 15.2 Å². The second kappa shape index (κ2) is 7.57. The third-order valence-electron chi connectivity index (χ3n) is 4.74. The smallest absolute Gasteiger partial charge is 0.319 e. The molecule has 1 aromatic heterocycles. The number of methoxy groups -OCH3 is 1. The molecule has 7 heteroatoms. The number of aromatic nitrogens is 1. The molecule has 0 bridgehead atoms. The van der Waals surface area contributed by atoms with Crippen LogP contribution in [0.5, 0.6) is 5.75 Å². The molecule has 3 N–H and O–H groups in total. The van der Waals surface area contributed by atoms with E-state index in [4.69, 9.17) is 4.74 Å². The van der Waals surface area contributed by atoms with Gasteiger partial charge in [0.05, 0.1) is 12.6 Å². The summed E-state index contributed by atoms with van der Waals surface area (Å²) in [5.74, 6) is 0.665. The zero-order chi connectivity index (χ0) is 17.8. The van der Waals surface area contributed by atoms with Crippen molar-refractivity contribution in [2.24, 2.45) is 0 Å². The number of H-pyrrole nitrogens is 1. The molecular formula is C18H24N4O3. The van der Waals surface area contributed by atoms with Gasteiger partial charge in [-0.2, -0.15) is 0 Å². The highest BCUT2D eigenvalue weighted by Gasteiger charge is 2.23. The van der Waals surface area contributed by atoms with E-state index in [0.29, 0.717) is 29.2 Å². The molecule has 1 fully saturated rings. The molecule has 1 atom stereocenters. The average molecular weight is 344 g/mol. The highest BCUT2D eigenvalue weighted by Crippen LogP contribution is 2.18. The number of likely N-dealkylation sites (tertiary alicyclic amines) is 1. The molecule has 1 aliphatic heterocycles. The third-order valence-corrected chi connectivity index (χ3v) is 4.74. The molecule has 3 rings (SSSR count). The Kier molecular flexibility index (Phi) is 5.23. The largest absolute Gasteiger partial charge is 0.497 e. The van der Waals surface area contributed by atoms with Crippen molar-refractivity contribution in [2.45, 2.75) is 25.8 Å². The molecule has 1 aliphatic rings. The number of ether oxygens (including phenoxy) is 1. The number of pyridine rings is 1. The van der Waals surface area contributed by atoms with Gasteiger partial charge in [0, 0.05) is 30.2 Å². The lowest BCUT2D eigenvalue weighted by Crippen LogP contribution is -2.41. The van der Waals surface area contributed by atoms with Crippen molar-refractivity contribution in [3.05, 3.63) is 34.6 Å². The number of hydrogen-bond acceptors (Lipinski definition) is 4. The number of nitrogens with one attached hydrogen (secondary N) is 3. The molecule has 134 valence electrons. The van der Waals surface area contributed by atoms with E-state index in [0.717, 1.165) is 25.9 Å². The molecule has 2 amide bonds. The fourth-order valence-electron chi connectivity index (χ4n) is 3.34. The standard InChI is InChI=1S/C18H24N4O3/c1-3-22-8-4-5-12(22)10-20-18(24)21-16-11-19-15-9-13(25-2)6-7-14(15)17(16)23/h6-7,9,11-12H,3-5,8,10H2,1-2H3,(H,19,23)(H2,20,21,24)/t12-/m0/s1. The van der Waals surface area contributed by atoms with Crippen LogP contribution >= 0.6 is 0 Å². The second-order valence-electron chi connectivity index (χ2n) is 6.20. The minimum Gasteiger partial charge on any atom is -0.497 e. The van der Waals surface area contributed by atoms with Gasteiger partial charge in [0.25, 0.3) is 0 Å². The number of carbonyl (C=O) groups is 1. The van der Waals surface area contributed by atoms with Crippen LogP contribution in [0.25, 0.3) is 10.9 Å². The van der Waals surface area contributed by atoms with E-state index >= 15 is 0 Å². The molecule has 2 aromatic rings. The van der Waals surface area contributed by atoms with Crippen LogP contribution in [-0.4, -0.2) is 48.7 Å². The molecule has 0 saturated carbocycles. The summed E-state index contributed by atoms with van der Waals surface area (Å²) in [4.78, 5) is 30.0. The minimum absolute atomic E-state index is 0.220. The van der Waals surface area contributed by atoms with Gasteiger partial charge >= 0.3 is 6.03 Å². The predicted molar refractivity (Wildman–Crippen MR) is 98.4 cm³/mol. The second-order valence-corrected chi connectivity index (χ2v) is 6.20. The lowest BCUT2D eigenvalue weighted by atomic mass is 10.2. The molecule has 0 radical (unpaired) electrons. The van der Waals surface area contributed by atoms with E-state index < -0.39 is 0 Å². The van der Waals surface area contributed by atoms with Crippen molar-refractivity contribution >= 4 is 22.6 Å². The summed E-state index contributed by atoms with van der Waals surface area (Å²) in [7, 11) is 1.57. The van der Waals surface area contributed by atoms with Gasteiger partial charge in [-0.1, -0.05) is 6.92 Å². The molecule has 0 aliphatic carbocycles. The third kappa shape index (κ3) is 3.76.